The molecule has 1 atom stereocenters. The van der Waals surface area contributed by atoms with Gasteiger partial charge in [-0.05, 0) is 26.1 Å². The van der Waals surface area contributed by atoms with Crippen molar-refractivity contribution in [3.8, 4) is 6.07 Å². The summed E-state index contributed by atoms with van der Waals surface area (Å²) in [6.07, 6.45) is -0.198. The first kappa shape index (κ1) is 26.7. The van der Waals surface area contributed by atoms with Crippen molar-refractivity contribution in [2.75, 3.05) is 5.32 Å². The minimum absolute atomic E-state index is 0.0253. The number of aliphatic imine (C=N–C) groups is 2. The molecule has 0 saturated heterocycles. The third-order valence-electron chi connectivity index (χ3n) is 5.16. The van der Waals surface area contributed by atoms with E-state index >= 15 is 0 Å². The maximum Gasteiger partial charge on any atom is 0.451 e. The number of carbonyl (C=O) groups excluding carboxylic acids is 1. The molecule has 3 rings (SSSR count). The van der Waals surface area contributed by atoms with Crippen LogP contribution >= 0.6 is 0 Å². The van der Waals surface area contributed by atoms with Gasteiger partial charge in [0.1, 0.15) is 12.6 Å². The van der Waals surface area contributed by atoms with Crippen molar-refractivity contribution in [3.63, 3.8) is 0 Å². The molecule has 0 fully saturated rings. The van der Waals surface area contributed by atoms with E-state index in [4.69, 9.17) is 5.26 Å². The predicted octanol–water partition coefficient (Wildman–Crippen LogP) is 1.43. The summed E-state index contributed by atoms with van der Waals surface area (Å²) in [6, 6.07) is 0.720. The van der Waals surface area contributed by atoms with Gasteiger partial charge in [0.25, 0.3) is 5.56 Å². The van der Waals surface area contributed by atoms with Gasteiger partial charge in [0.2, 0.25) is 11.7 Å². The van der Waals surface area contributed by atoms with Gasteiger partial charge in [0.05, 0.1) is 30.5 Å². The lowest BCUT2D eigenvalue weighted by Gasteiger charge is -2.15. The molecule has 3 aromatic heterocycles. The van der Waals surface area contributed by atoms with Crippen molar-refractivity contribution in [2.45, 2.75) is 32.6 Å². The summed E-state index contributed by atoms with van der Waals surface area (Å²) in [5.74, 6) is -2.10. The van der Waals surface area contributed by atoms with Crippen LogP contribution in [-0.4, -0.2) is 53.3 Å². The third-order valence-corrected chi connectivity index (χ3v) is 5.16. The zero-order valence-corrected chi connectivity index (χ0v) is 19.7. The van der Waals surface area contributed by atoms with Crippen LogP contribution in [0.1, 0.15) is 25.6 Å². The molecule has 0 unspecified atom stereocenters. The molecule has 3 heterocycles. The van der Waals surface area contributed by atoms with Crippen molar-refractivity contribution < 1.29 is 18.0 Å². The van der Waals surface area contributed by atoms with Crippen LogP contribution in [0.25, 0.3) is 16.7 Å². The molecule has 37 heavy (non-hydrogen) atoms. The summed E-state index contributed by atoms with van der Waals surface area (Å²) in [4.78, 5) is 56.4. The number of anilines is 1. The van der Waals surface area contributed by atoms with E-state index < -0.39 is 41.8 Å². The Balaban J connectivity index is 1.91. The number of hydrogen-bond donors (Lipinski definition) is 1. The smallest absolute Gasteiger partial charge is 0.312 e. The highest BCUT2D eigenvalue weighted by Gasteiger charge is 2.35. The van der Waals surface area contributed by atoms with Gasteiger partial charge in [-0.25, -0.2) is 29.3 Å². The van der Waals surface area contributed by atoms with Crippen LogP contribution in [0.5, 0.6) is 0 Å². The van der Waals surface area contributed by atoms with Crippen molar-refractivity contribution in [2.24, 2.45) is 17.0 Å². The van der Waals surface area contributed by atoms with Crippen molar-refractivity contribution in [1.29, 1.82) is 5.26 Å². The quantitative estimate of drug-likeness (QED) is 0.382. The number of rotatable bonds is 6. The molecule has 1 amide bonds. The molecule has 16 heteroatoms. The molecule has 0 aliphatic heterocycles. The highest BCUT2D eigenvalue weighted by molar-refractivity contribution is 5.94. The normalized spacial score (nSPS) is 13.3. The van der Waals surface area contributed by atoms with E-state index in [2.05, 4.69) is 37.0 Å². The second-order valence-electron chi connectivity index (χ2n) is 7.59. The molecule has 0 radical (unpaired) electrons. The number of aryl methyl sites for hydroxylation is 1. The van der Waals surface area contributed by atoms with Crippen LogP contribution < -0.4 is 16.6 Å². The zero-order valence-electron chi connectivity index (χ0n) is 19.7. The fraction of sp³-hybridized carbons (Fsp3) is 0.286. The number of alkyl halides is 3. The molecule has 0 aromatic carbocycles. The first-order valence-electron chi connectivity index (χ1n) is 10.4. The summed E-state index contributed by atoms with van der Waals surface area (Å²) >= 11 is 0. The van der Waals surface area contributed by atoms with Crippen LogP contribution in [-0.2, 0) is 18.4 Å². The van der Waals surface area contributed by atoms with Crippen molar-refractivity contribution in [1.82, 2.24) is 28.7 Å². The van der Waals surface area contributed by atoms with E-state index in [1.54, 1.807) is 6.07 Å². The number of nitrogens with one attached hydrogen (secondary N) is 1. The lowest BCUT2D eigenvalue weighted by molar-refractivity contribution is -0.118. The van der Waals surface area contributed by atoms with Crippen LogP contribution in [0.3, 0.4) is 0 Å². The molecule has 0 saturated carbocycles. The number of nitrogens with zero attached hydrogens (tertiary/aromatic N) is 9. The Morgan fingerprint density at radius 3 is 2.68 bits per heavy atom. The van der Waals surface area contributed by atoms with Gasteiger partial charge in [0.15, 0.2) is 17.0 Å². The van der Waals surface area contributed by atoms with Gasteiger partial charge < -0.3 is 9.88 Å². The Kier molecular flexibility index (Phi) is 7.46. The average Bonchev–Trinajstić information content (AvgIpc) is 3.30. The molecular weight excluding hydrogens is 497 g/mol. The largest absolute Gasteiger partial charge is 0.451 e. The minimum atomic E-state index is -4.78. The summed E-state index contributed by atoms with van der Waals surface area (Å²) in [6.45, 7) is 5.26. The predicted molar refractivity (Wildman–Crippen MR) is 127 cm³/mol. The molecule has 13 nitrogen and oxygen atoms in total. The van der Waals surface area contributed by atoms with Crippen LogP contribution in [0, 0.1) is 11.3 Å². The second kappa shape index (κ2) is 10.4. The molecule has 0 bridgehead atoms. The summed E-state index contributed by atoms with van der Waals surface area (Å²) in [5, 5.41) is 11.5. The Morgan fingerprint density at radius 1 is 1.35 bits per heavy atom. The Hall–Kier alpha value is -4.94. The summed E-state index contributed by atoms with van der Waals surface area (Å²) in [7, 11) is 1.38. The van der Waals surface area contributed by atoms with Gasteiger partial charge in [-0.2, -0.15) is 18.4 Å². The van der Waals surface area contributed by atoms with Crippen LogP contribution in [0.2, 0.25) is 0 Å². The van der Waals surface area contributed by atoms with Gasteiger partial charge in [-0.1, -0.05) is 0 Å². The topological polar surface area (TPSA) is 165 Å². The minimum Gasteiger partial charge on any atom is -0.312 e. The number of imidazole rings is 1. The first-order valence-corrected chi connectivity index (χ1v) is 10.4. The number of amides is 1. The standard InChI is InChI=1S/C21H19F3N10O3/c1-11(7-28-19(26-3)21(22,23)24)13-8-27-9-14(30-13)31-17(35)12(2)34-10-29-16-15(34)18(36)33(6-5-25)20(37)32(16)4/h7-10,12H,3,6H2,1-2,4H3,(H,30,31,35)/b11-7+,28-19-/t12-/m0/s1. The maximum absolute atomic E-state index is 12.9. The monoisotopic (exact) mass is 516 g/mol. The number of hydrogen-bond acceptors (Lipinski definition) is 8. The van der Waals surface area contributed by atoms with Gasteiger partial charge in [-0.3, -0.25) is 19.1 Å². The number of carbonyl (C=O) groups is 1. The molecule has 0 spiro atoms. The Bertz CT molecular complexity index is 1600. The van der Waals surface area contributed by atoms with E-state index in [0.29, 0.717) is 0 Å². The average molecular weight is 516 g/mol. The highest BCUT2D eigenvalue weighted by Crippen LogP contribution is 2.20. The molecule has 192 valence electrons. The molecule has 1 N–H and O–H groups in total. The number of amidine groups is 1. The fourth-order valence-corrected chi connectivity index (χ4v) is 3.19. The van der Waals surface area contributed by atoms with E-state index in [1.807, 2.05) is 0 Å². The lowest BCUT2D eigenvalue weighted by atomic mass is 10.2. The van der Waals surface area contributed by atoms with Gasteiger partial charge >= 0.3 is 11.9 Å². The number of nitriles is 1. The SMILES string of the molecule is C=N/C(=N\C=C(/C)c1cncc(NC(=O)[C@H](C)n2cnc3c2c(=O)n(CC#N)c(=O)n3C)n1)C(F)(F)F. The number of allylic oxidation sites excluding steroid dienone is 1. The number of halogens is 3. The Labute approximate surface area is 206 Å². The second-order valence-corrected chi connectivity index (χ2v) is 7.59. The van der Waals surface area contributed by atoms with E-state index in [0.717, 1.165) is 15.3 Å². The van der Waals surface area contributed by atoms with E-state index in [-0.39, 0.29) is 28.2 Å². The van der Waals surface area contributed by atoms with Crippen LogP contribution in [0.15, 0.2) is 44.5 Å². The van der Waals surface area contributed by atoms with Gasteiger partial charge in [0, 0.05) is 13.2 Å². The molecule has 0 aliphatic carbocycles. The van der Waals surface area contributed by atoms with E-state index in [1.165, 1.54) is 44.2 Å². The van der Waals surface area contributed by atoms with Gasteiger partial charge in [-0.15, -0.1) is 0 Å². The molecular formula is C21H19F3N10O3. The number of fused-ring (bicyclic) bond motifs is 1. The Morgan fingerprint density at radius 2 is 2.05 bits per heavy atom. The van der Waals surface area contributed by atoms with Crippen LogP contribution in [0.4, 0.5) is 19.0 Å². The lowest BCUT2D eigenvalue weighted by Crippen LogP contribution is -2.40. The molecule has 0 aliphatic rings. The molecule has 3 aromatic rings. The van der Waals surface area contributed by atoms with Crippen molar-refractivity contribution in [3.05, 3.63) is 51.5 Å². The maximum atomic E-state index is 12.9. The van der Waals surface area contributed by atoms with Crippen molar-refractivity contribution >= 4 is 41.0 Å². The number of aromatic nitrogens is 6. The highest BCUT2D eigenvalue weighted by atomic mass is 19.4. The zero-order chi connectivity index (χ0) is 27.5. The summed E-state index contributed by atoms with van der Waals surface area (Å²) < 4.78 is 41.4. The third kappa shape index (κ3) is 5.34. The first-order chi connectivity index (χ1) is 17.4. The summed E-state index contributed by atoms with van der Waals surface area (Å²) in [5.41, 5.74) is -1.23. The fourth-order valence-electron chi connectivity index (χ4n) is 3.19. The van der Waals surface area contributed by atoms with E-state index in [9.17, 15) is 27.6 Å².